The molecule has 0 saturated heterocycles. The molecule has 0 aliphatic heterocycles. The van der Waals surface area contributed by atoms with Gasteiger partial charge in [-0.15, -0.1) is 0 Å². The fourth-order valence-electron chi connectivity index (χ4n) is 1.60. The van der Waals surface area contributed by atoms with Gasteiger partial charge in [0.25, 0.3) is 0 Å². The van der Waals surface area contributed by atoms with Crippen LogP contribution in [0.25, 0.3) is 0 Å². The van der Waals surface area contributed by atoms with E-state index in [2.05, 4.69) is 4.98 Å². The third-order valence-electron chi connectivity index (χ3n) is 2.42. The van der Waals surface area contributed by atoms with E-state index >= 15 is 0 Å². The van der Waals surface area contributed by atoms with Crippen LogP contribution >= 0.6 is 0 Å². The molecule has 0 bridgehead atoms. The van der Waals surface area contributed by atoms with Crippen LogP contribution < -0.4 is 0 Å². The Hall–Kier alpha value is -1.74. The maximum Gasteiger partial charge on any atom is 0.129 e. The smallest absolute Gasteiger partial charge is 0.129 e. The average molecular weight is 217 g/mol. The van der Waals surface area contributed by atoms with Crippen molar-refractivity contribution in [1.29, 1.82) is 0 Å². The van der Waals surface area contributed by atoms with Gasteiger partial charge >= 0.3 is 0 Å². The predicted molar refractivity (Wildman–Crippen MR) is 59.3 cm³/mol. The number of halogens is 1. The Labute approximate surface area is 93.4 Å². The summed E-state index contributed by atoms with van der Waals surface area (Å²) in [6.45, 7) is 0. The molecule has 16 heavy (non-hydrogen) atoms. The van der Waals surface area contributed by atoms with Crippen molar-refractivity contribution in [2.45, 2.75) is 12.5 Å². The van der Waals surface area contributed by atoms with Gasteiger partial charge in [0.2, 0.25) is 0 Å². The van der Waals surface area contributed by atoms with Crippen molar-refractivity contribution in [3.05, 3.63) is 65.7 Å². The van der Waals surface area contributed by atoms with Crippen LogP contribution in [0.15, 0.2) is 48.8 Å². The van der Waals surface area contributed by atoms with Crippen molar-refractivity contribution in [3.63, 3.8) is 0 Å². The summed E-state index contributed by atoms with van der Waals surface area (Å²) in [6, 6.07) is 9.92. The van der Waals surface area contributed by atoms with Crippen molar-refractivity contribution < 1.29 is 9.50 Å². The summed E-state index contributed by atoms with van der Waals surface area (Å²) in [5.74, 6) is -0.376. The number of aromatic nitrogens is 1. The first-order chi connectivity index (χ1) is 7.77. The lowest BCUT2D eigenvalue weighted by Gasteiger charge is -2.11. The number of nitrogens with zero attached hydrogens (tertiary/aromatic N) is 1. The average Bonchev–Trinajstić information content (AvgIpc) is 2.31. The van der Waals surface area contributed by atoms with Crippen LogP contribution in [0, 0.1) is 5.82 Å². The third-order valence-corrected chi connectivity index (χ3v) is 2.42. The van der Waals surface area contributed by atoms with Gasteiger partial charge in [0.05, 0.1) is 6.10 Å². The monoisotopic (exact) mass is 217 g/mol. The first-order valence-electron chi connectivity index (χ1n) is 5.09. The molecular formula is C13H12FNO. The fraction of sp³-hybridized carbons (Fsp3) is 0.154. The Balaban J connectivity index is 2.15. The normalized spacial score (nSPS) is 12.4. The van der Waals surface area contributed by atoms with E-state index in [1.807, 2.05) is 6.07 Å². The lowest BCUT2D eigenvalue weighted by molar-refractivity contribution is 0.173. The van der Waals surface area contributed by atoms with Crippen molar-refractivity contribution >= 4 is 0 Å². The second-order valence-corrected chi connectivity index (χ2v) is 3.60. The maximum absolute atomic E-state index is 13.4. The highest BCUT2D eigenvalue weighted by Gasteiger charge is 2.12. The van der Waals surface area contributed by atoms with E-state index in [1.165, 1.54) is 6.07 Å². The highest BCUT2D eigenvalue weighted by atomic mass is 19.1. The van der Waals surface area contributed by atoms with E-state index in [1.54, 1.807) is 36.7 Å². The number of benzene rings is 1. The van der Waals surface area contributed by atoms with Crippen LogP contribution in [-0.2, 0) is 6.42 Å². The van der Waals surface area contributed by atoms with Gasteiger partial charge in [-0.05, 0) is 17.7 Å². The molecule has 0 amide bonds. The van der Waals surface area contributed by atoms with Gasteiger partial charge in [0.15, 0.2) is 0 Å². The maximum atomic E-state index is 13.4. The second kappa shape index (κ2) is 4.86. The standard InChI is InChI=1S/C13H12FNO/c14-12-6-2-1-5-11(12)13(16)8-10-4-3-7-15-9-10/h1-7,9,13,16H,8H2. The summed E-state index contributed by atoms with van der Waals surface area (Å²) in [7, 11) is 0. The number of rotatable bonds is 3. The van der Waals surface area contributed by atoms with Gasteiger partial charge in [-0.1, -0.05) is 24.3 Å². The minimum atomic E-state index is -0.828. The topological polar surface area (TPSA) is 33.1 Å². The Kier molecular flexibility index (Phi) is 3.27. The lowest BCUT2D eigenvalue weighted by atomic mass is 10.0. The molecule has 0 radical (unpaired) electrons. The second-order valence-electron chi connectivity index (χ2n) is 3.60. The first-order valence-corrected chi connectivity index (χ1v) is 5.09. The molecule has 0 fully saturated rings. The van der Waals surface area contributed by atoms with Crippen LogP contribution in [-0.4, -0.2) is 10.1 Å². The fourth-order valence-corrected chi connectivity index (χ4v) is 1.60. The lowest BCUT2D eigenvalue weighted by Crippen LogP contribution is -2.04. The molecule has 1 atom stereocenters. The summed E-state index contributed by atoms with van der Waals surface area (Å²) in [4.78, 5) is 3.95. The highest BCUT2D eigenvalue weighted by molar-refractivity contribution is 5.22. The molecule has 2 nitrogen and oxygen atoms in total. The van der Waals surface area contributed by atoms with Crippen molar-refractivity contribution in [1.82, 2.24) is 4.98 Å². The quantitative estimate of drug-likeness (QED) is 0.856. The molecule has 1 aromatic heterocycles. The zero-order valence-corrected chi connectivity index (χ0v) is 8.68. The molecule has 2 rings (SSSR count). The van der Waals surface area contributed by atoms with E-state index in [0.29, 0.717) is 12.0 Å². The summed E-state index contributed by atoms with van der Waals surface area (Å²) in [6.07, 6.45) is 2.88. The number of pyridine rings is 1. The van der Waals surface area contributed by atoms with Crippen LogP contribution in [0.1, 0.15) is 17.2 Å². The van der Waals surface area contributed by atoms with Crippen molar-refractivity contribution in [2.24, 2.45) is 0 Å². The van der Waals surface area contributed by atoms with Crippen LogP contribution in [0.2, 0.25) is 0 Å². The summed E-state index contributed by atoms with van der Waals surface area (Å²) in [5, 5.41) is 9.89. The van der Waals surface area contributed by atoms with E-state index in [4.69, 9.17) is 0 Å². The Morgan fingerprint density at radius 2 is 2.00 bits per heavy atom. The molecule has 1 N–H and O–H groups in total. The van der Waals surface area contributed by atoms with Gasteiger partial charge in [-0.3, -0.25) is 4.98 Å². The number of hydrogen-bond acceptors (Lipinski definition) is 2. The SMILES string of the molecule is OC(Cc1cccnc1)c1ccccc1F. The Morgan fingerprint density at radius 1 is 1.19 bits per heavy atom. The van der Waals surface area contributed by atoms with Crippen LogP contribution in [0.3, 0.4) is 0 Å². The molecule has 1 heterocycles. The van der Waals surface area contributed by atoms with Gasteiger partial charge in [-0.25, -0.2) is 4.39 Å². The van der Waals surface area contributed by atoms with Crippen molar-refractivity contribution in [3.8, 4) is 0 Å². The minimum absolute atomic E-state index is 0.325. The van der Waals surface area contributed by atoms with Crippen molar-refractivity contribution in [2.75, 3.05) is 0 Å². The Bertz CT molecular complexity index is 458. The van der Waals surface area contributed by atoms with Crippen LogP contribution in [0.4, 0.5) is 4.39 Å². The summed E-state index contributed by atoms with van der Waals surface area (Å²) >= 11 is 0. The van der Waals surface area contributed by atoms with Gasteiger partial charge in [-0.2, -0.15) is 0 Å². The predicted octanol–water partition coefficient (Wildman–Crippen LogP) is 2.50. The molecule has 0 spiro atoms. The zero-order valence-electron chi connectivity index (χ0n) is 8.68. The molecule has 0 saturated carbocycles. The number of hydrogen-bond donors (Lipinski definition) is 1. The third kappa shape index (κ3) is 2.44. The van der Waals surface area contributed by atoms with Gasteiger partial charge < -0.3 is 5.11 Å². The number of aliphatic hydroxyl groups is 1. The summed E-state index contributed by atoms with van der Waals surface area (Å²) in [5.41, 5.74) is 1.21. The molecule has 2 aromatic rings. The molecule has 3 heteroatoms. The van der Waals surface area contributed by atoms with Gasteiger partial charge in [0, 0.05) is 24.4 Å². The minimum Gasteiger partial charge on any atom is -0.388 e. The van der Waals surface area contributed by atoms with E-state index < -0.39 is 6.10 Å². The molecule has 0 aliphatic carbocycles. The molecule has 1 unspecified atom stereocenters. The van der Waals surface area contributed by atoms with E-state index in [-0.39, 0.29) is 5.82 Å². The van der Waals surface area contributed by atoms with Crippen LogP contribution in [0.5, 0.6) is 0 Å². The summed E-state index contributed by atoms with van der Waals surface area (Å²) < 4.78 is 13.4. The highest BCUT2D eigenvalue weighted by Crippen LogP contribution is 2.20. The molecular weight excluding hydrogens is 205 g/mol. The van der Waals surface area contributed by atoms with Gasteiger partial charge in [0.1, 0.15) is 5.82 Å². The van der Waals surface area contributed by atoms with E-state index in [9.17, 15) is 9.50 Å². The largest absolute Gasteiger partial charge is 0.388 e. The molecule has 1 aromatic carbocycles. The number of aliphatic hydroxyl groups excluding tert-OH is 1. The Morgan fingerprint density at radius 3 is 2.69 bits per heavy atom. The molecule has 82 valence electrons. The van der Waals surface area contributed by atoms with E-state index in [0.717, 1.165) is 5.56 Å². The zero-order chi connectivity index (χ0) is 11.4. The first kappa shape index (κ1) is 10.8. The molecule has 0 aliphatic rings.